The molecular formula is C8H12ClN3O2S2. The fraction of sp³-hybridized carbons (Fsp3) is 0.750. The topological polar surface area (TPSA) is 63.2 Å². The predicted octanol–water partition coefficient (Wildman–Crippen LogP) is 0.810. The van der Waals surface area contributed by atoms with Gasteiger partial charge in [0, 0.05) is 24.1 Å². The third kappa shape index (κ3) is 2.71. The molecule has 5 nitrogen and oxygen atoms in total. The molecule has 0 N–H and O–H groups in total. The number of hydrogen-bond donors (Lipinski definition) is 0. The van der Waals surface area contributed by atoms with Crippen molar-refractivity contribution in [3.05, 3.63) is 10.0 Å². The van der Waals surface area contributed by atoms with Gasteiger partial charge in [0.25, 0.3) is 0 Å². The first-order valence-electron chi connectivity index (χ1n) is 4.85. The maximum atomic E-state index is 11.3. The molecule has 0 spiro atoms. The molecule has 0 saturated carbocycles. The highest BCUT2D eigenvalue weighted by Gasteiger charge is 2.31. The van der Waals surface area contributed by atoms with E-state index in [4.69, 9.17) is 11.6 Å². The van der Waals surface area contributed by atoms with Gasteiger partial charge in [-0.2, -0.15) is 0 Å². The van der Waals surface area contributed by atoms with Crippen LogP contribution in [0.15, 0.2) is 0 Å². The van der Waals surface area contributed by atoms with Crippen molar-refractivity contribution in [2.45, 2.75) is 19.0 Å². The summed E-state index contributed by atoms with van der Waals surface area (Å²) >= 11 is 7.04. The van der Waals surface area contributed by atoms with Crippen molar-refractivity contribution >= 4 is 33.0 Å². The van der Waals surface area contributed by atoms with Gasteiger partial charge in [0.2, 0.25) is 0 Å². The Morgan fingerprint density at radius 2 is 2.38 bits per heavy atom. The lowest BCUT2D eigenvalue weighted by Gasteiger charge is -2.21. The second-order valence-electron chi connectivity index (χ2n) is 3.97. The fourth-order valence-corrected chi connectivity index (χ4v) is 4.20. The van der Waals surface area contributed by atoms with E-state index in [9.17, 15) is 8.42 Å². The lowest BCUT2D eigenvalue weighted by Crippen LogP contribution is -2.32. The molecule has 0 aliphatic carbocycles. The summed E-state index contributed by atoms with van der Waals surface area (Å²) in [4.78, 5) is 1.98. The summed E-state index contributed by atoms with van der Waals surface area (Å²) in [7, 11) is -0.948. The predicted molar refractivity (Wildman–Crippen MR) is 63.4 cm³/mol. The molecule has 0 aromatic carbocycles. The van der Waals surface area contributed by atoms with Crippen molar-refractivity contribution < 1.29 is 8.42 Å². The average Bonchev–Trinajstić information content (AvgIpc) is 2.74. The summed E-state index contributed by atoms with van der Waals surface area (Å²) in [6.45, 7) is 0.551. The van der Waals surface area contributed by atoms with E-state index in [2.05, 4.69) is 9.59 Å². The van der Waals surface area contributed by atoms with Crippen LogP contribution in [-0.4, -0.2) is 47.5 Å². The summed E-state index contributed by atoms with van der Waals surface area (Å²) in [5.41, 5.74) is 0.721. The molecule has 1 atom stereocenters. The number of sulfone groups is 1. The Morgan fingerprint density at radius 1 is 1.62 bits per heavy atom. The molecule has 2 rings (SSSR count). The van der Waals surface area contributed by atoms with Gasteiger partial charge in [-0.05, 0) is 13.5 Å². The van der Waals surface area contributed by atoms with Gasteiger partial charge in [-0.25, -0.2) is 8.42 Å². The van der Waals surface area contributed by atoms with E-state index in [1.807, 2.05) is 11.9 Å². The Morgan fingerprint density at radius 3 is 2.88 bits per heavy atom. The lowest BCUT2D eigenvalue weighted by molar-refractivity contribution is 0.251. The van der Waals surface area contributed by atoms with Crippen LogP contribution >= 0.6 is 23.1 Å². The van der Waals surface area contributed by atoms with E-state index in [1.54, 1.807) is 0 Å². The minimum absolute atomic E-state index is 0.0720. The zero-order valence-electron chi connectivity index (χ0n) is 8.76. The Hall–Kier alpha value is -0.240. The highest BCUT2D eigenvalue weighted by molar-refractivity contribution is 7.91. The second kappa shape index (κ2) is 4.56. The summed E-state index contributed by atoms with van der Waals surface area (Å²) in [5.74, 6) is 0.518. The van der Waals surface area contributed by atoms with Crippen LogP contribution < -0.4 is 0 Å². The van der Waals surface area contributed by atoms with E-state index in [0.29, 0.717) is 17.3 Å². The zero-order valence-corrected chi connectivity index (χ0v) is 11.1. The molecule has 16 heavy (non-hydrogen) atoms. The number of rotatable bonds is 3. The van der Waals surface area contributed by atoms with Gasteiger partial charge in [0.15, 0.2) is 9.84 Å². The van der Waals surface area contributed by atoms with Gasteiger partial charge >= 0.3 is 0 Å². The first-order chi connectivity index (χ1) is 7.48. The molecule has 1 aliphatic heterocycles. The molecule has 1 aromatic rings. The number of nitrogens with zero attached hydrogens (tertiary/aromatic N) is 3. The molecule has 1 fully saturated rings. The van der Waals surface area contributed by atoms with Crippen LogP contribution in [0.4, 0.5) is 0 Å². The van der Waals surface area contributed by atoms with Crippen molar-refractivity contribution in [1.82, 2.24) is 14.5 Å². The molecular weight excluding hydrogens is 270 g/mol. The van der Waals surface area contributed by atoms with Crippen molar-refractivity contribution in [2.24, 2.45) is 0 Å². The summed E-state index contributed by atoms with van der Waals surface area (Å²) in [6, 6.07) is 0.0720. The van der Waals surface area contributed by atoms with Gasteiger partial charge in [-0.3, -0.25) is 4.90 Å². The normalized spacial score (nSPS) is 24.1. The molecule has 8 heteroatoms. The van der Waals surface area contributed by atoms with Crippen LogP contribution in [0, 0.1) is 0 Å². The Labute approximate surface area is 103 Å². The van der Waals surface area contributed by atoms with Gasteiger partial charge < -0.3 is 0 Å². The van der Waals surface area contributed by atoms with Crippen LogP contribution in [0.3, 0.4) is 0 Å². The van der Waals surface area contributed by atoms with E-state index < -0.39 is 9.84 Å². The quantitative estimate of drug-likeness (QED) is 0.820. The van der Waals surface area contributed by atoms with Gasteiger partial charge in [-0.1, -0.05) is 16.1 Å². The molecule has 1 unspecified atom stereocenters. The molecule has 1 aromatic heterocycles. The monoisotopic (exact) mass is 281 g/mol. The zero-order chi connectivity index (χ0) is 11.8. The second-order valence-corrected chi connectivity index (χ2v) is 7.55. The van der Waals surface area contributed by atoms with Crippen LogP contribution in [0.5, 0.6) is 0 Å². The Balaban J connectivity index is 2.00. The van der Waals surface area contributed by atoms with E-state index in [-0.39, 0.29) is 17.5 Å². The first kappa shape index (κ1) is 12.2. The van der Waals surface area contributed by atoms with Crippen molar-refractivity contribution in [3.8, 4) is 0 Å². The van der Waals surface area contributed by atoms with Crippen LogP contribution in [0.1, 0.15) is 12.1 Å². The third-order valence-electron chi connectivity index (χ3n) is 2.74. The first-order valence-corrected chi connectivity index (χ1v) is 7.82. The molecule has 2 heterocycles. The Kier molecular flexibility index (Phi) is 3.48. The number of hydrogen-bond acceptors (Lipinski definition) is 6. The van der Waals surface area contributed by atoms with Gasteiger partial charge in [0.05, 0.1) is 11.5 Å². The summed E-state index contributed by atoms with van der Waals surface area (Å²) < 4.78 is 27.0. The smallest absolute Gasteiger partial charge is 0.151 e. The minimum Gasteiger partial charge on any atom is -0.296 e. The third-order valence-corrected chi connectivity index (χ3v) is 5.48. The number of aromatic nitrogens is 2. The van der Waals surface area contributed by atoms with Crippen molar-refractivity contribution in [3.63, 3.8) is 0 Å². The largest absolute Gasteiger partial charge is 0.296 e. The maximum Gasteiger partial charge on any atom is 0.151 e. The summed E-state index contributed by atoms with van der Waals surface area (Å²) in [6.07, 6.45) is 0.689. The summed E-state index contributed by atoms with van der Waals surface area (Å²) in [5, 5.41) is 3.91. The fourth-order valence-electron chi connectivity index (χ4n) is 1.78. The van der Waals surface area contributed by atoms with Gasteiger partial charge in [0.1, 0.15) is 10.0 Å². The van der Waals surface area contributed by atoms with E-state index >= 15 is 0 Å². The molecule has 0 radical (unpaired) electrons. The molecule has 1 saturated heterocycles. The Bertz CT molecular complexity index is 473. The highest BCUT2D eigenvalue weighted by atomic mass is 35.5. The van der Waals surface area contributed by atoms with Crippen molar-refractivity contribution in [1.29, 1.82) is 0 Å². The molecule has 90 valence electrons. The van der Waals surface area contributed by atoms with Crippen LogP contribution in [0.2, 0.25) is 4.34 Å². The lowest BCUT2D eigenvalue weighted by atomic mass is 10.2. The minimum atomic E-state index is -2.84. The van der Waals surface area contributed by atoms with E-state index in [1.165, 1.54) is 0 Å². The molecule has 0 bridgehead atoms. The van der Waals surface area contributed by atoms with Crippen LogP contribution in [0.25, 0.3) is 0 Å². The molecule has 1 aliphatic rings. The SMILES string of the molecule is CN(Cc1nnsc1Cl)C1CCS(=O)(=O)C1. The van der Waals surface area contributed by atoms with Crippen molar-refractivity contribution in [2.75, 3.05) is 18.6 Å². The maximum absolute atomic E-state index is 11.3. The van der Waals surface area contributed by atoms with Gasteiger partial charge in [-0.15, -0.1) is 5.10 Å². The highest BCUT2D eigenvalue weighted by Crippen LogP contribution is 2.22. The number of halogens is 1. The molecule has 0 amide bonds. The average molecular weight is 282 g/mol. The standard InChI is InChI=1S/C8H12ClN3O2S2/c1-12(4-7-8(9)15-11-10-7)6-2-3-16(13,14)5-6/h6H,2-5H2,1H3. The van der Waals surface area contributed by atoms with E-state index in [0.717, 1.165) is 17.2 Å². The van der Waals surface area contributed by atoms with Crippen LogP contribution in [-0.2, 0) is 16.4 Å².